The second-order valence-corrected chi connectivity index (χ2v) is 6.38. The van der Waals surface area contributed by atoms with E-state index in [1.54, 1.807) is 19.2 Å². The fraction of sp³-hybridized carbons (Fsp3) is 0.231. The van der Waals surface area contributed by atoms with Crippen molar-refractivity contribution in [3.8, 4) is 0 Å². The number of pyridine rings is 1. The number of carbonyl (C=O) groups is 1. The Morgan fingerprint density at radius 3 is 2.67 bits per heavy atom. The highest BCUT2D eigenvalue weighted by molar-refractivity contribution is 7.89. The van der Waals surface area contributed by atoms with Gasteiger partial charge in [-0.1, -0.05) is 6.07 Å². The molecule has 112 valence electrons. The van der Waals surface area contributed by atoms with E-state index in [1.807, 2.05) is 13.0 Å². The first-order chi connectivity index (χ1) is 9.83. The van der Waals surface area contributed by atoms with Crippen molar-refractivity contribution in [2.24, 2.45) is 7.05 Å². The second-order valence-electron chi connectivity index (χ2n) is 4.50. The van der Waals surface area contributed by atoms with Gasteiger partial charge in [0.2, 0.25) is 10.0 Å². The Hall–Kier alpha value is -2.19. The number of hydrogen-bond acceptors (Lipinski definition) is 4. The maximum absolute atomic E-state index is 12.2. The van der Waals surface area contributed by atoms with E-state index in [0.717, 1.165) is 5.69 Å². The van der Waals surface area contributed by atoms with E-state index in [4.69, 9.17) is 0 Å². The number of sulfonamides is 1. The fourth-order valence-corrected chi connectivity index (χ4v) is 2.62. The lowest BCUT2D eigenvalue weighted by molar-refractivity contribution is 0.101. The largest absolute Gasteiger partial charge is 0.345 e. The predicted octanol–water partition coefficient (Wildman–Crippen LogP) is 0.889. The third-order valence-corrected chi connectivity index (χ3v) is 4.30. The zero-order chi connectivity index (χ0) is 15.6. The average molecular weight is 308 g/mol. The number of hydrogen-bond donors (Lipinski definition) is 2. The zero-order valence-electron chi connectivity index (χ0n) is 11.9. The quantitative estimate of drug-likeness (QED) is 0.877. The lowest BCUT2D eigenvalue weighted by Crippen LogP contribution is -2.18. The molecule has 0 fully saturated rings. The lowest BCUT2D eigenvalue weighted by Gasteiger charge is -2.05. The first kappa shape index (κ1) is 15.2. The van der Waals surface area contributed by atoms with Crippen molar-refractivity contribution < 1.29 is 13.2 Å². The van der Waals surface area contributed by atoms with Crippen molar-refractivity contribution in [2.75, 3.05) is 12.4 Å². The van der Waals surface area contributed by atoms with E-state index in [9.17, 15) is 13.2 Å². The van der Waals surface area contributed by atoms with Gasteiger partial charge in [0.15, 0.2) is 0 Å². The Balaban J connectivity index is 2.28. The predicted molar refractivity (Wildman–Crippen MR) is 78.6 cm³/mol. The molecule has 0 aliphatic heterocycles. The van der Waals surface area contributed by atoms with Gasteiger partial charge in [-0.3, -0.25) is 4.79 Å². The summed E-state index contributed by atoms with van der Waals surface area (Å²) in [6, 6.07) is 6.58. The minimum Gasteiger partial charge on any atom is -0.345 e. The standard InChI is InChI=1S/C13H16N4O3S/c1-9-5-4-6-12(15-9)16-13(18)11-7-10(8-17(11)3)21(19,20)14-2/h4-8,14H,1-3H3,(H,15,16,18). The topological polar surface area (TPSA) is 93.1 Å². The van der Waals surface area contributed by atoms with Crippen molar-refractivity contribution in [1.29, 1.82) is 0 Å². The van der Waals surface area contributed by atoms with Crippen LogP contribution in [0, 0.1) is 6.92 Å². The van der Waals surface area contributed by atoms with Crippen LogP contribution in [-0.4, -0.2) is 30.9 Å². The van der Waals surface area contributed by atoms with Crippen molar-refractivity contribution in [3.05, 3.63) is 41.9 Å². The highest BCUT2D eigenvalue weighted by Gasteiger charge is 2.19. The molecule has 2 heterocycles. The molecule has 0 aliphatic rings. The van der Waals surface area contributed by atoms with E-state index in [-0.39, 0.29) is 10.6 Å². The van der Waals surface area contributed by atoms with Crippen molar-refractivity contribution in [1.82, 2.24) is 14.3 Å². The Kier molecular flexibility index (Phi) is 4.10. The summed E-state index contributed by atoms with van der Waals surface area (Å²) in [6.45, 7) is 1.82. The zero-order valence-corrected chi connectivity index (χ0v) is 12.7. The van der Waals surface area contributed by atoms with Crippen LogP contribution in [0.2, 0.25) is 0 Å². The molecule has 2 rings (SSSR count). The molecule has 2 N–H and O–H groups in total. The van der Waals surface area contributed by atoms with E-state index in [1.165, 1.54) is 23.9 Å². The van der Waals surface area contributed by atoms with Crippen LogP contribution in [0.3, 0.4) is 0 Å². The summed E-state index contributed by atoms with van der Waals surface area (Å²) >= 11 is 0. The van der Waals surface area contributed by atoms with Gasteiger partial charge in [-0.25, -0.2) is 18.1 Å². The van der Waals surface area contributed by atoms with Crippen LogP contribution in [0.25, 0.3) is 0 Å². The molecule has 2 aromatic heterocycles. The van der Waals surface area contributed by atoms with Crippen LogP contribution >= 0.6 is 0 Å². The average Bonchev–Trinajstić information content (AvgIpc) is 2.81. The van der Waals surface area contributed by atoms with Gasteiger partial charge in [0.1, 0.15) is 16.4 Å². The van der Waals surface area contributed by atoms with Crippen LogP contribution in [0.4, 0.5) is 5.82 Å². The number of aromatic nitrogens is 2. The second kappa shape index (κ2) is 5.66. The molecule has 8 heteroatoms. The number of nitrogens with zero attached hydrogens (tertiary/aromatic N) is 2. The molecule has 2 aromatic rings. The Bertz CT molecular complexity index is 780. The molecule has 7 nitrogen and oxygen atoms in total. The molecule has 0 saturated heterocycles. The highest BCUT2D eigenvalue weighted by atomic mass is 32.2. The van der Waals surface area contributed by atoms with E-state index in [0.29, 0.717) is 5.82 Å². The number of nitrogens with one attached hydrogen (secondary N) is 2. The summed E-state index contributed by atoms with van der Waals surface area (Å²) in [5, 5.41) is 2.64. The lowest BCUT2D eigenvalue weighted by atomic mass is 10.3. The molecule has 1 amide bonds. The third kappa shape index (κ3) is 3.29. The first-order valence-electron chi connectivity index (χ1n) is 6.18. The monoisotopic (exact) mass is 308 g/mol. The molecule has 0 atom stereocenters. The van der Waals surface area contributed by atoms with E-state index < -0.39 is 15.9 Å². The molecule has 0 aliphatic carbocycles. The Morgan fingerprint density at radius 2 is 2.05 bits per heavy atom. The number of rotatable bonds is 4. The summed E-state index contributed by atoms with van der Waals surface area (Å²) in [5.74, 6) is -0.00706. The summed E-state index contributed by atoms with van der Waals surface area (Å²) in [7, 11) is -0.657. The van der Waals surface area contributed by atoms with Crippen LogP contribution in [-0.2, 0) is 17.1 Å². The molecular weight excluding hydrogens is 292 g/mol. The summed E-state index contributed by atoms with van der Waals surface area (Å²) < 4.78 is 27.1. The molecule has 0 spiro atoms. The smallest absolute Gasteiger partial charge is 0.273 e. The van der Waals surface area contributed by atoms with Gasteiger partial charge in [-0.05, 0) is 32.2 Å². The van der Waals surface area contributed by atoms with E-state index in [2.05, 4.69) is 15.0 Å². The molecule has 0 radical (unpaired) electrons. The van der Waals surface area contributed by atoms with Gasteiger partial charge >= 0.3 is 0 Å². The van der Waals surface area contributed by atoms with Crippen molar-refractivity contribution in [2.45, 2.75) is 11.8 Å². The SMILES string of the molecule is CNS(=O)(=O)c1cc(C(=O)Nc2cccc(C)n2)n(C)c1. The molecule has 0 unspecified atom stereocenters. The van der Waals surface area contributed by atoms with Gasteiger partial charge in [0, 0.05) is 18.9 Å². The van der Waals surface area contributed by atoms with Crippen LogP contribution in [0.5, 0.6) is 0 Å². The highest BCUT2D eigenvalue weighted by Crippen LogP contribution is 2.14. The minimum atomic E-state index is -3.58. The molecule has 0 bridgehead atoms. The van der Waals surface area contributed by atoms with Gasteiger partial charge in [-0.15, -0.1) is 0 Å². The van der Waals surface area contributed by atoms with Crippen molar-refractivity contribution in [3.63, 3.8) is 0 Å². The number of carbonyl (C=O) groups excluding carboxylic acids is 1. The van der Waals surface area contributed by atoms with Crippen LogP contribution in [0.15, 0.2) is 35.4 Å². The van der Waals surface area contributed by atoms with Gasteiger partial charge in [0.25, 0.3) is 5.91 Å². The molecule has 0 aromatic carbocycles. The summed E-state index contributed by atoms with van der Waals surface area (Å²) in [6.07, 6.45) is 1.38. The van der Waals surface area contributed by atoms with Crippen LogP contribution < -0.4 is 10.0 Å². The fourth-order valence-electron chi connectivity index (χ4n) is 1.82. The minimum absolute atomic E-state index is 0.0369. The summed E-state index contributed by atoms with van der Waals surface area (Å²) in [5.41, 5.74) is 1.00. The van der Waals surface area contributed by atoms with E-state index >= 15 is 0 Å². The Morgan fingerprint density at radius 1 is 1.33 bits per heavy atom. The van der Waals surface area contributed by atoms with Crippen molar-refractivity contribution >= 4 is 21.7 Å². The van der Waals surface area contributed by atoms with Gasteiger partial charge in [0.05, 0.1) is 0 Å². The first-order valence-corrected chi connectivity index (χ1v) is 7.67. The number of anilines is 1. The summed E-state index contributed by atoms with van der Waals surface area (Å²) in [4.78, 5) is 16.4. The maximum Gasteiger partial charge on any atom is 0.273 e. The normalized spacial score (nSPS) is 11.4. The van der Waals surface area contributed by atoms with Crippen LogP contribution in [0.1, 0.15) is 16.2 Å². The third-order valence-electron chi connectivity index (χ3n) is 2.92. The molecule has 21 heavy (non-hydrogen) atoms. The van der Waals surface area contributed by atoms with Gasteiger partial charge < -0.3 is 9.88 Å². The number of aryl methyl sites for hydroxylation is 2. The Labute approximate surface area is 123 Å². The molecule has 0 saturated carbocycles. The molecular formula is C13H16N4O3S. The number of amides is 1. The maximum atomic E-state index is 12.2. The van der Waals surface area contributed by atoms with Gasteiger partial charge in [-0.2, -0.15) is 0 Å².